The van der Waals surface area contributed by atoms with E-state index in [2.05, 4.69) is 10.3 Å². The van der Waals surface area contributed by atoms with E-state index in [1.807, 2.05) is 0 Å². The number of carboxylic acids is 4. The molecule has 0 aliphatic rings. The number of Topliss-reactive ketones (excluding diaryl/α,β-unsaturated/α-hetero) is 1. The average molecular weight is 733 g/mol. The zero-order valence-electron chi connectivity index (χ0n) is 24.3. The van der Waals surface area contributed by atoms with Gasteiger partial charge in [-0.15, -0.1) is 11.3 Å². The number of thiophene rings is 1. The number of benzene rings is 1. The summed E-state index contributed by atoms with van der Waals surface area (Å²) in [5.41, 5.74) is 16.7. The van der Waals surface area contributed by atoms with Gasteiger partial charge in [0.25, 0.3) is 5.91 Å². The number of nitrogen functional groups attached to an aromatic ring is 1. The van der Waals surface area contributed by atoms with Crippen molar-refractivity contribution in [2.24, 2.45) is 22.2 Å². The number of nitrogens with zero attached hydrogens (tertiary/aromatic N) is 1. The van der Waals surface area contributed by atoms with Crippen molar-refractivity contribution in [1.82, 2.24) is 5.32 Å². The predicted molar refractivity (Wildman–Crippen MR) is 155 cm³/mol. The molecule has 17 nitrogen and oxygen atoms in total. The molecule has 0 spiro atoms. The van der Waals surface area contributed by atoms with Crippen LogP contribution in [0.2, 0.25) is 0 Å². The molecule has 0 aliphatic heterocycles. The van der Waals surface area contributed by atoms with Gasteiger partial charge in [-0.2, -0.15) is 26.3 Å². The molecule has 1 aromatic carbocycles. The van der Waals surface area contributed by atoms with Crippen molar-refractivity contribution in [2.75, 3.05) is 6.61 Å². The fourth-order valence-electron chi connectivity index (χ4n) is 2.83. The Hall–Kier alpha value is -5.94. The van der Waals surface area contributed by atoms with Gasteiger partial charge in [-0.05, 0) is 24.6 Å². The van der Waals surface area contributed by atoms with Crippen molar-refractivity contribution >= 4 is 63.7 Å². The number of amides is 1. The number of guanidine groups is 1. The molecule has 2 rings (SSSR count). The monoisotopic (exact) mass is 732 g/mol. The number of hydrogen-bond acceptors (Lipinski definition) is 10. The lowest BCUT2D eigenvalue weighted by Crippen LogP contribution is -2.39. The number of rotatable bonds is 13. The van der Waals surface area contributed by atoms with E-state index in [9.17, 15) is 45.5 Å². The number of ketones is 1. The van der Waals surface area contributed by atoms with Gasteiger partial charge < -0.3 is 47.7 Å². The van der Waals surface area contributed by atoms with E-state index < -0.39 is 60.4 Å². The number of carboxylic acid groups (broad SMARTS) is 4. The third kappa shape index (κ3) is 17.5. The summed E-state index contributed by atoms with van der Waals surface area (Å²) in [6.07, 6.45) is -10.9. The number of halogens is 6. The van der Waals surface area contributed by atoms with E-state index in [1.54, 1.807) is 6.07 Å². The van der Waals surface area contributed by atoms with Crippen LogP contribution in [-0.4, -0.2) is 92.8 Å². The second kappa shape index (κ2) is 19.0. The molecule has 0 saturated carbocycles. The lowest BCUT2D eigenvalue weighted by atomic mass is 10.0. The maximum absolute atomic E-state index is 12.7. The van der Waals surface area contributed by atoms with E-state index in [0.29, 0.717) is 5.00 Å². The topological polar surface area (TPSA) is 319 Å². The minimum atomic E-state index is -5.08. The molecule has 49 heavy (non-hydrogen) atoms. The highest BCUT2D eigenvalue weighted by molar-refractivity contribution is 7.17. The Morgan fingerprint density at radius 1 is 0.898 bits per heavy atom. The maximum Gasteiger partial charge on any atom is 0.490 e. The number of carbonyl (C=O) groups is 6. The van der Waals surface area contributed by atoms with Crippen molar-refractivity contribution in [3.8, 4) is 5.75 Å². The second-order valence-corrected chi connectivity index (χ2v) is 9.90. The molecule has 0 fully saturated rings. The van der Waals surface area contributed by atoms with Gasteiger partial charge in [0.2, 0.25) is 5.78 Å². The first kappa shape index (κ1) is 43.1. The Labute approximate surface area is 273 Å². The lowest BCUT2D eigenvalue weighted by Gasteiger charge is -2.20. The van der Waals surface area contributed by atoms with Crippen LogP contribution in [0.5, 0.6) is 5.75 Å². The number of carbonyl (C=O) groups excluding carboxylic acids is 2. The van der Waals surface area contributed by atoms with Gasteiger partial charge in [0, 0.05) is 24.0 Å². The van der Waals surface area contributed by atoms with Crippen molar-refractivity contribution in [3.63, 3.8) is 0 Å². The van der Waals surface area contributed by atoms with Crippen LogP contribution in [0, 0.1) is 5.41 Å². The second-order valence-electron chi connectivity index (χ2n) is 8.84. The highest BCUT2D eigenvalue weighted by Crippen LogP contribution is 2.25. The molecule has 270 valence electrons. The fraction of sp³-hybridized carbons (Fsp3) is 0.280. The molecular weight excluding hydrogens is 706 g/mol. The van der Waals surface area contributed by atoms with E-state index in [0.717, 1.165) is 11.3 Å². The quantitative estimate of drug-likeness (QED) is 0.0609. The highest BCUT2D eigenvalue weighted by Gasteiger charge is 2.38. The molecule has 1 aromatic heterocycles. The van der Waals surface area contributed by atoms with Crippen LogP contribution in [0.15, 0.2) is 35.3 Å². The van der Waals surface area contributed by atoms with Gasteiger partial charge in [0.1, 0.15) is 23.2 Å². The molecule has 24 heteroatoms. The van der Waals surface area contributed by atoms with Crippen LogP contribution in [0.4, 0.5) is 31.3 Å². The number of nitrogens with one attached hydrogen (secondary N) is 2. The number of alkyl halides is 6. The molecule has 0 saturated heterocycles. The summed E-state index contributed by atoms with van der Waals surface area (Å²) < 4.78 is 69.2. The van der Waals surface area contributed by atoms with Gasteiger partial charge in [-0.3, -0.25) is 19.8 Å². The number of ether oxygens (including phenoxy) is 1. The fourth-order valence-corrected chi connectivity index (χ4v) is 3.63. The van der Waals surface area contributed by atoms with Crippen LogP contribution in [0.3, 0.4) is 0 Å². The third-order valence-electron chi connectivity index (χ3n) is 4.99. The molecular formula is C25H26F6N6O11S. The summed E-state index contributed by atoms with van der Waals surface area (Å²) in [5.74, 6) is -10.2. The SMILES string of the molecule is N=C(N)c1ccc(CC(=O)C(=O)O)c(OC[C@@H](CCC(=O)O)NC(=O)c2ccc(N=C(N)N)s2)c1.O=C(O)C(F)(F)F.O=C(O)C(F)(F)F. The largest absolute Gasteiger partial charge is 0.491 e. The Bertz CT molecular complexity index is 1550. The Balaban J connectivity index is 0.00000137. The number of aliphatic imine (C=N–C) groups is 1. The van der Waals surface area contributed by atoms with E-state index >= 15 is 0 Å². The van der Waals surface area contributed by atoms with Crippen LogP contribution < -0.4 is 27.3 Å². The van der Waals surface area contributed by atoms with Crippen LogP contribution in [0.25, 0.3) is 0 Å². The average Bonchev–Trinajstić information content (AvgIpc) is 3.42. The minimum Gasteiger partial charge on any atom is -0.491 e. The first-order valence-corrected chi connectivity index (χ1v) is 13.3. The van der Waals surface area contributed by atoms with Crippen molar-refractivity contribution in [3.05, 3.63) is 46.3 Å². The molecule has 0 aliphatic carbocycles. The summed E-state index contributed by atoms with van der Waals surface area (Å²) in [6.45, 7) is -0.208. The molecule has 0 radical (unpaired) electrons. The van der Waals surface area contributed by atoms with Gasteiger partial charge in [-0.25, -0.2) is 19.4 Å². The minimum absolute atomic E-state index is 0.0169. The van der Waals surface area contributed by atoms with Crippen molar-refractivity contribution < 1.29 is 80.3 Å². The number of amidine groups is 1. The van der Waals surface area contributed by atoms with Gasteiger partial charge in [0.15, 0.2) is 5.96 Å². The summed E-state index contributed by atoms with van der Waals surface area (Å²) in [7, 11) is 0. The Kier molecular flexibility index (Phi) is 16.7. The van der Waals surface area contributed by atoms with E-state index in [-0.39, 0.29) is 53.0 Å². The molecule has 1 heterocycles. The van der Waals surface area contributed by atoms with Crippen LogP contribution >= 0.6 is 11.3 Å². The van der Waals surface area contributed by atoms with Crippen LogP contribution in [0.1, 0.15) is 33.6 Å². The van der Waals surface area contributed by atoms with Gasteiger partial charge in [0.05, 0.1) is 10.9 Å². The first-order valence-electron chi connectivity index (χ1n) is 12.5. The van der Waals surface area contributed by atoms with E-state index in [4.69, 9.17) is 57.4 Å². The maximum atomic E-state index is 12.7. The van der Waals surface area contributed by atoms with Crippen molar-refractivity contribution in [1.29, 1.82) is 5.41 Å². The van der Waals surface area contributed by atoms with Crippen molar-refractivity contribution in [2.45, 2.75) is 37.7 Å². The highest BCUT2D eigenvalue weighted by atomic mass is 32.1. The molecule has 0 unspecified atom stereocenters. The molecule has 1 amide bonds. The summed E-state index contributed by atoms with van der Waals surface area (Å²) in [5, 5.41) is 42.9. The van der Waals surface area contributed by atoms with Crippen LogP contribution in [-0.2, 0) is 30.4 Å². The smallest absolute Gasteiger partial charge is 0.490 e. The number of nitrogens with two attached hydrogens (primary N) is 3. The van der Waals surface area contributed by atoms with Gasteiger partial charge in [-0.1, -0.05) is 12.1 Å². The summed E-state index contributed by atoms with van der Waals surface area (Å²) in [4.78, 5) is 68.3. The van der Waals surface area contributed by atoms with Gasteiger partial charge >= 0.3 is 36.2 Å². The molecule has 0 bridgehead atoms. The predicted octanol–water partition coefficient (Wildman–Crippen LogP) is 1.44. The van der Waals surface area contributed by atoms with E-state index in [1.165, 1.54) is 24.3 Å². The lowest BCUT2D eigenvalue weighted by molar-refractivity contribution is -0.193. The Morgan fingerprint density at radius 2 is 1.43 bits per heavy atom. The molecule has 1 atom stereocenters. The molecule has 2 aromatic rings. The normalized spacial score (nSPS) is 11.2. The summed E-state index contributed by atoms with van der Waals surface area (Å²) >= 11 is 1.02. The Morgan fingerprint density at radius 3 is 1.86 bits per heavy atom. The number of aliphatic carboxylic acids is 4. The standard InChI is InChI=1S/C21H24N6O7S.2C2HF3O2/c22-18(23)11-2-1-10(7-13(28)20(32)33)14(8-11)34-9-12(3-6-17(29)30)26-19(31)15-4-5-16(35-15)27-21(24)25;2*3-2(4,5)1(6)7/h1-2,4-5,8,12H,3,6-7,9H2,(H3,22,23)(H,26,31)(H,29,30)(H,32,33)(H4,24,25,27);2*(H,6,7)/t12-;;/m1../s1. The zero-order chi connectivity index (χ0) is 38.3. The zero-order valence-corrected chi connectivity index (χ0v) is 25.1. The first-order chi connectivity index (χ1) is 22.3. The summed E-state index contributed by atoms with van der Waals surface area (Å²) in [6, 6.07) is 6.49. The third-order valence-corrected chi connectivity index (χ3v) is 5.97. The molecule has 12 N–H and O–H groups in total. The number of hydrogen-bond donors (Lipinski definition) is 9.